The molecule has 2 spiro atoms. The average Bonchev–Trinajstić information content (AvgIpc) is 3.78. The van der Waals surface area contributed by atoms with Gasteiger partial charge in [-0.1, -0.05) is 25.7 Å². The van der Waals surface area contributed by atoms with Gasteiger partial charge in [0.2, 0.25) is 0 Å². The Kier molecular flexibility index (Phi) is 6.31. The van der Waals surface area contributed by atoms with Crippen LogP contribution in [-0.4, -0.2) is 64.7 Å². The van der Waals surface area contributed by atoms with E-state index in [1.807, 2.05) is 23.3 Å². The van der Waals surface area contributed by atoms with Crippen molar-refractivity contribution in [2.24, 2.45) is 17.3 Å². The summed E-state index contributed by atoms with van der Waals surface area (Å²) in [6.45, 7) is 3.96. The molecule has 3 saturated heterocycles. The summed E-state index contributed by atoms with van der Waals surface area (Å²) in [5.74, 6) is -2.02. The zero-order chi connectivity index (χ0) is 29.3. The van der Waals surface area contributed by atoms with Gasteiger partial charge in [0.05, 0.1) is 42.8 Å². The lowest BCUT2D eigenvalue weighted by atomic mass is 9.53. The summed E-state index contributed by atoms with van der Waals surface area (Å²) in [5, 5.41) is 19.7. The molecule has 3 unspecified atom stereocenters. The second kappa shape index (κ2) is 9.72. The fourth-order valence-electron chi connectivity index (χ4n) is 9.16. The number of nitriles is 2. The van der Waals surface area contributed by atoms with Crippen LogP contribution in [0.25, 0.3) is 0 Å². The van der Waals surface area contributed by atoms with Crippen molar-refractivity contribution in [1.29, 1.82) is 10.5 Å². The quantitative estimate of drug-likeness (QED) is 0.361. The number of ether oxygens (including phenoxy) is 4. The third-order valence-electron chi connectivity index (χ3n) is 10.6. The van der Waals surface area contributed by atoms with E-state index in [0.717, 1.165) is 62.8 Å². The summed E-state index contributed by atoms with van der Waals surface area (Å²) in [6, 6.07) is 3.79. The number of fused-ring (bicyclic) bond motifs is 1. The number of hydrogen-bond donors (Lipinski definition) is 0. The van der Waals surface area contributed by atoms with Gasteiger partial charge >= 0.3 is 11.9 Å². The van der Waals surface area contributed by atoms with Gasteiger partial charge in [0.25, 0.3) is 0 Å². The third-order valence-corrected chi connectivity index (χ3v) is 10.6. The van der Waals surface area contributed by atoms with Crippen molar-refractivity contribution in [3.63, 3.8) is 0 Å². The molecule has 0 radical (unpaired) electrons. The molecule has 2 bridgehead atoms. The van der Waals surface area contributed by atoms with Crippen LogP contribution >= 0.6 is 0 Å². The normalized spacial score (nSPS) is 37.9. The van der Waals surface area contributed by atoms with E-state index in [1.54, 1.807) is 26.0 Å². The average molecular weight is 573 g/mol. The van der Waals surface area contributed by atoms with Crippen molar-refractivity contribution in [3.8, 4) is 12.1 Å². The third kappa shape index (κ3) is 3.37. The number of esters is 2. The van der Waals surface area contributed by atoms with Crippen molar-refractivity contribution in [1.82, 2.24) is 9.80 Å². The molecular weight excluding hydrogens is 536 g/mol. The van der Waals surface area contributed by atoms with E-state index in [9.17, 15) is 20.1 Å². The standard InChI is InChI=1S/C32H36N4O6/c1-3-39-28(37)20-19-23-32(29(38)40-4-2)15-18-35-21(9-16-33)30(11-5-6-12-30)42-27(35)25(32)24(20)26-36(23)22(10-17-34)31(41-26)13-7-8-14-31/h9-10,15,18-19,23-27H,3-8,11-14H2,1-2H3/b21-9-,22-10-/t23-,24+,25?,26?,27?,32-/m1/s1. The van der Waals surface area contributed by atoms with Gasteiger partial charge in [0.1, 0.15) is 29.1 Å². The highest BCUT2D eigenvalue weighted by atomic mass is 16.6. The number of carbonyl (C=O) groups is 2. The Bertz CT molecular complexity index is 1400. The summed E-state index contributed by atoms with van der Waals surface area (Å²) in [6.07, 6.45) is 14.5. The minimum Gasteiger partial charge on any atom is -0.465 e. The van der Waals surface area contributed by atoms with Gasteiger partial charge in [-0.25, -0.2) is 4.79 Å². The van der Waals surface area contributed by atoms with Gasteiger partial charge in [-0.2, -0.15) is 10.5 Å². The molecule has 5 aliphatic heterocycles. The molecule has 3 aliphatic carbocycles. The molecule has 0 aromatic heterocycles. The Morgan fingerprint density at radius 2 is 1.55 bits per heavy atom. The van der Waals surface area contributed by atoms with Gasteiger partial charge in [-0.3, -0.25) is 4.79 Å². The Hall–Kier alpha value is -3.60. The second-order valence-corrected chi connectivity index (χ2v) is 12.4. The van der Waals surface area contributed by atoms with Crippen LogP contribution in [0.1, 0.15) is 65.2 Å². The molecule has 8 rings (SSSR count). The molecule has 42 heavy (non-hydrogen) atoms. The largest absolute Gasteiger partial charge is 0.465 e. The van der Waals surface area contributed by atoms with Crippen molar-refractivity contribution < 1.29 is 28.5 Å². The highest BCUT2D eigenvalue weighted by Gasteiger charge is 2.75. The maximum Gasteiger partial charge on any atom is 0.334 e. The van der Waals surface area contributed by atoms with Crippen molar-refractivity contribution in [2.45, 2.75) is 94.9 Å². The summed E-state index contributed by atoms with van der Waals surface area (Å²) in [4.78, 5) is 32.0. The SMILES string of the molecule is CCOC(=O)C1=C[C@H]2N3/C(=C\C#N)C4(CCCC4)OC3[C@@H]1C1C3OC4(CCCC4)/C(=C/C#N)N3C=C[C@]12C(=O)OCC. The summed E-state index contributed by atoms with van der Waals surface area (Å²) in [5.41, 5.74) is -0.476. The number of carbonyl (C=O) groups excluding carboxylic acids is 2. The van der Waals surface area contributed by atoms with Gasteiger partial charge in [-0.05, 0) is 51.7 Å². The van der Waals surface area contributed by atoms with E-state index in [0.29, 0.717) is 5.57 Å². The van der Waals surface area contributed by atoms with E-state index in [4.69, 9.17) is 18.9 Å². The molecule has 2 saturated carbocycles. The number of rotatable bonds is 4. The van der Waals surface area contributed by atoms with Crippen LogP contribution in [0.2, 0.25) is 0 Å². The lowest BCUT2D eigenvalue weighted by Gasteiger charge is -2.61. The predicted molar refractivity (Wildman–Crippen MR) is 147 cm³/mol. The molecule has 220 valence electrons. The molecule has 8 aliphatic rings. The van der Waals surface area contributed by atoms with Crippen LogP contribution in [0.5, 0.6) is 0 Å². The topological polar surface area (TPSA) is 125 Å². The number of hydrogen-bond acceptors (Lipinski definition) is 10. The van der Waals surface area contributed by atoms with Gasteiger partial charge < -0.3 is 28.7 Å². The molecule has 10 nitrogen and oxygen atoms in total. The first-order valence-electron chi connectivity index (χ1n) is 15.3. The monoisotopic (exact) mass is 572 g/mol. The van der Waals surface area contributed by atoms with E-state index in [2.05, 4.69) is 17.0 Å². The molecule has 0 amide bonds. The smallest absolute Gasteiger partial charge is 0.334 e. The number of piperidine rings is 1. The van der Waals surface area contributed by atoms with Crippen LogP contribution in [0.15, 0.2) is 47.5 Å². The van der Waals surface area contributed by atoms with Gasteiger partial charge in [0.15, 0.2) is 0 Å². The van der Waals surface area contributed by atoms with E-state index in [-0.39, 0.29) is 13.2 Å². The van der Waals surface area contributed by atoms with Crippen molar-refractivity contribution >= 4 is 11.9 Å². The first-order valence-corrected chi connectivity index (χ1v) is 15.3. The second-order valence-electron chi connectivity index (χ2n) is 12.4. The fraction of sp³-hybridized carbons (Fsp3) is 0.625. The highest BCUT2D eigenvalue weighted by molar-refractivity contribution is 5.92. The van der Waals surface area contributed by atoms with Gasteiger partial charge in [-0.15, -0.1) is 0 Å². The van der Waals surface area contributed by atoms with Crippen molar-refractivity contribution in [3.05, 3.63) is 47.5 Å². The molecule has 10 heteroatoms. The summed E-state index contributed by atoms with van der Waals surface area (Å²) in [7, 11) is 0. The fourth-order valence-corrected chi connectivity index (χ4v) is 9.16. The molecule has 0 aromatic rings. The van der Waals surface area contributed by atoms with Crippen LogP contribution in [0.3, 0.4) is 0 Å². The number of nitrogens with zero attached hydrogens (tertiary/aromatic N) is 4. The summed E-state index contributed by atoms with van der Waals surface area (Å²) < 4.78 is 25.4. The molecule has 5 fully saturated rings. The van der Waals surface area contributed by atoms with Crippen LogP contribution in [0.4, 0.5) is 0 Å². The molecule has 0 N–H and O–H groups in total. The van der Waals surface area contributed by atoms with Crippen LogP contribution in [0, 0.1) is 39.9 Å². The Labute approximate surface area is 245 Å². The first kappa shape index (κ1) is 27.2. The van der Waals surface area contributed by atoms with E-state index >= 15 is 0 Å². The molecule has 6 atom stereocenters. The first-order chi connectivity index (χ1) is 20.4. The number of allylic oxidation sites excluding steroid dienone is 2. The van der Waals surface area contributed by atoms with Crippen LogP contribution in [-0.2, 0) is 28.5 Å². The van der Waals surface area contributed by atoms with Gasteiger partial charge in [0, 0.05) is 35.8 Å². The Morgan fingerprint density at radius 3 is 2.17 bits per heavy atom. The minimum absolute atomic E-state index is 0.191. The van der Waals surface area contributed by atoms with E-state index in [1.165, 1.54) is 0 Å². The molecular formula is C32H36N4O6. The molecule has 0 aromatic carbocycles. The Morgan fingerprint density at radius 1 is 0.952 bits per heavy atom. The van der Waals surface area contributed by atoms with Crippen molar-refractivity contribution in [2.75, 3.05) is 13.2 Å². The lowest BCUT2D eigenvalue weighted by Crippen LogP contribution is -2.72. The Balaban J connectivity index is 1.46. The highest BCUT2D eigenvalue weighted by Crippen LogP contribution is 2.66. The maximum atomic E-state index is 14.3. The zero-order valence-corrected chi connectivity index (χ0v) is 24.1. The molecule has 5 heterocycles. The van der Waals surface area contributed by atoms with E-state index < -0.39 is 58.9 Å². The summed E-state index contributed by atoms with van der Waals surface area (Å²) >= 11 is 0. The predicted octanol–water partition coefficient (Wildman–Crippen LogP) is 3.94. The lowest BCUT2D eigenvalue weighted by molar-refractivity contribution is -0.217. The zero-order valence-electron chi connectivity index (χ0n) is 24.1. The minimum atomic E-state index is -1.22. The maximum absolute atomic E-state index is 14.3. The van der Waals surface area contributed by atoms with Crippen LogP contribution < -0.4 is 0 Å².